The molecule has 228 valence electrons. The number of sulfonamides is 1. The Morgan fingerprint density at radius 1 is 0.905 bits per heavy atom. The number of hydrogen-bond acceptors (Lipinski definition) is 10. The summed E-state index contributed by atoms with van der Waals surface area (Å²) in [6.45, 7) is 12.4. The molecule has 0 saturated carbocycles. The number of esters is 2. The molecule has 13 heteroatoms. The zero-order valence-corrected chi connectivity index (χ0v) is 26.5. The van der Waals surface area contributed by atoms with E-state index in [0.717, 1.165) is 4.31 Å². The molecule has 0 aliphatic rings. The molecule has 11 nitrogen and oxygen atoms in total. The second-order valence-corrected chi connectivity index (χ2v) is 14.1. The van der Waals surface area contributed by atoms with Gasteiger partial charge in [0.15, 0.2) is 0 Å². The minimum Gasteiger partial charge on any atom is -0.489 e. The number of carbonyl (C=O) groups is 2. The van der Waals surface area contributed by atoms with Crippen LogP contribution in [0.2, 0.25) is 5.02 Å². The average Bonchev–Trinajstić information content (AvgIpc) is 3.33. The predicted molar refractivity (Wildman–Crippen MR) is 156 cm³/mol. The summed E-state index contributed by atoms with van der Waals surface area (Å²) in [6.07, 6.45) is -0.0430. The highest BCUT2D eigenvalue weighted by Gasteiger charge is 2.32. The Hall–Kier alpha value is -3.48. The summed E-state index contributed by atoms with van der Waals surface area (Å²) in [7, 11) is -4.32. The highest BCUT2D eigenvalue weighted by Crippen LogP contribution is 2.31. The Morgan fingerprint density at radius 2 is 1.43 bits per heavy atom. The second-order valence-electron chi connectivity index (χ2n) is 11.7. The molecule has 0 fully saturated rings. The Bertz CT molecular complexity index is 1490. The largest absolute Gasteiger partial charge is 0.489 e. The van der Waals surface area contributed by atoms with E-state index in [2.05, 4.69) is 10.1 Å². The summed E-state index contributed by atoms with van der Waals surface area (Å²) in [5.41, 5.74) is -0.647. The molecule has 1 heterocycles. The van der Waals surface area contributed by atoms with Crippen LogP contribution in [0.15, 0.2) is 51.9 Å². The summed E-state index contributed by atoms with van der Waals surface area (Å²) < 4.78 is 49.4. The van der Waals surface area contributed by atoms with E-state index in [9.17, 15) is 18.0 Å². The number of rotatable bonds is 10. The van der Waals surface area contributed by atoms with E-state index in [1.54, 1.807) is 59.7 Å². The van der Waals surface area contributed by atoms with Crippen LogP contribution in [-0.4, -0.2) is 65.2 Å². The van der Waals surface area contributed by atoms with Gasteiger partial charge in [-0.25, -0.2) is 8.42 Å². The molecular formula is C29H36ClN3O8S. The van der Waals surface area contributed by atoms with Crippen LogP contribution in [-0.2, 0) is 29.1 Å². The lowest BCUT2D eigenvalue weighted by Crippen LogP contribution is -2.43. The molecular weight excluding hydrogens is 586 g/mol. The van der Waals surface area contributed by atoms with Crippen molar-refractivity contribution in [3.8, 4) is 28.6 Å². The molecule has 0 unspecified atom stereocenters. The van der Waals surface area contributed by atoms with Gasteiger partial charge in [-0.1, -0.05) is 16.8 Å². The van der Waals surface area contributed by atoms with Crippen molar-refractivity contribution in [3.05, 3.63) is 47.5 Å². The van der Waals surface area contributed by atoms with E-state index >= 15 is 0 Å². The maximum Gasteiger partial charge on any atom is 0.321 e. The quantitative estimate of drug-likeness (QED) is 0.266. The number of carbonyl (C=O) groups excluding carboxylic acids is 2. The van der Waals surface area contributed by atoms with Crippen molar-refractivity contribution in [2.24, 2.45) is 0 Å². The van der Waals surface area contributed by atoms with Crippen LogP contribution < -0.4 is 4.74 Å². The van der Waals surface area contributed by atoms with Gasteiger partial charge in [0.1, 0.15) is 30.0 Å². The van der Waals surface area contributed by atoms with Crippen LogP contribution >= 0.6 is 11.6 Å². The molecule has 2 aromatic carbocycles. The lowest BCUT2D eigenvalue weighted by molar-refractivity contribution is -0.157. The summed E-state index contributed by atoms with van der Waals surface area (Å²) in [6, 6.07) is 10.7. The molecule has 0 N–H and O–H groups in total. The molecule has 0 saturated heterocycles. The number of hydrogen-bond donors (Lipinski definition) is 0. The van der Waals surface area contributed by atoms with Gasteiger partial charge in [0, 0.05) is 11.1 Å². The standard InChI is InChI=1S/C29H36ClN3O8S/c1-18(2)38-23-14-11-20(15-22(23)30)26-31-27(41-32-26)19-9-12-21(13-10-19)42(36,37)33(16-24(34)39-28(3,4)5)17-25(35)40-29(6,7)8/h9-15,18H,16-17H2,1-8H3. The first-order chi connectivity index (χ1) is 19.3. The molecule has 0 bridgehead atoms. The van der Waals surface area contributed by atoms with E-state index in [1.807, 2.05) is 13.8 Å². The zero-order chi connectivity index (χ0) is 31.5. The molecule has 0 atom stereocenters. The van der Waals surface area contributed by atoms with Gasteiger partial charge in [-0.3, -0.25) is 9.59 Å². The monoisotopic (exact) mass is 621 g/mol. The van der Waals surface area contributed by atoms with Crippen molar-refractivity contribution < 1.29 is 36.7 Å². The molecule has 1 aromatic heterocycles. The average molecular weight is 622 g/mol. The Balaban J connectivity index is 1.85. The van der Waals surface area contributed by atoms with E-state index in [0.29, 0.717) is 21.9 Å². The van der Waals surface area contributed by atoms with Gasteiger partial charge in [0.05, 0.1) is 16.0 Å². The molecule has 0 aliphatic heterocycles. The number of aromatic nitrogens is 2. The van der Waals surface area contributed by atoms with Crippen molar-refractivity contribution in [2.75, 3.05) is 13.1 Å². The van der Waals surface area contributed by atoms with Gasteiger partial charge in [-0.2, -0.15) is 9.29 Å². The molecule has 3 aromatic rings. The fourth-order valence-corrected chi connectivity index (χ4v) is 5.18. The van der Waals surface area contributed by atoms with Crippen LogP contribution in [0.4, 0.5) is 0 Å². The Kier molecular flexibility index (Phi) is 10.1. The van der Waals surface area contributed by atoms with E-state index < -0.39 is 46.3 Å². The van der Waals surface area contributed by atoms with Crippen molar-refractivity contribution in [1.29, 1.82) is 0 Å². The summed E-state index contributed by atoms with van der Waals surface area (Å²) in [5.74, 6) is -0.669. The minimum absolute atomic E-state index is 0.0430. The van der Waals surface area contributed by atoms with Crippen molar-refractivity contribution in [1.82, 2.24) is 14.4 Å². The number of halogens is 1. The van der Waals surface area contributed by atoms with Gasteiger partial charge in [-0.15, -0.1) is 0 Å². The first-order valence-electron chi connectivity index (χ1n) is 13.2. The van der Waals surface area contributed by atoms with Gasteiger partial charge in [0.25, 0.3) is 5.89 Å². The first kappa shape index (κ1) is 33.0. The summed E-state index contributed by atoms with van der Waals surface area (Å²) in [4.78, 5) is 29.3. The third-order valence-electron chi connectivity index (χ3n) is 5.17. The highest BCUT2D eigenvalue weighted by molar-refractivity contribution is 7.89. The second kappa shape index (κ2) is 12.8. The van der Waals surface area contributed by atoms with Crippen LogP contribution in [0.5, 0.6) is 5.75 Å². The van der Waals surface area contributed by atoms with Gasteiger partial charge >= 0.3 is 11.9 Å². The van der Waals surface area contributed by atoms with Crippen LogP contribution in [0.3, 0.4) is 0 Å². The molecule has 0 spiro atoms. The topological polar surface area (TPSA) is 138 Å². The van der Waals surface area contributed by atoms with Crippen LogP contribution in [0.25, 0.3) is 22.8 Å². The van der Waals surface area contributed by atoms with Gasteiger partial charge in [-0.05, 0) is 97.9 Å². The lowest BCUT2D eigenvalue weighted by Gasteiger charge is -2.26. The van der Waals surface area contributed by atoms with E-state index in [-0.39, 0.29) is 22.7 Å². The first-order valence-corrected chi connectivity index (χ1v) is 15.0. The van der Waals surface area contributed by atoms with Crippen molar-refractivity contribution in [2.45, 2.75) is 77.6 Å². The molecule has 0 aliphatic carbocycles. The molecule has 42 heavy (non-hydrogen) atoms. The van der Waals surface area contributed by atoms with Gasteiger partial charge in [0.2, 0.25) is 15.8 Å². The van der Waals surface area contributed by atoms with Crippen LogP contribution in [0, 0.1) is 0 Å². The lowest BCUT2D eigenvalue weighted by atomic mass is 10.2. The maximum atomic E-state index is 13.5. The normalized spacial score (nSPS) is 12.5. The van der Waals surface area contributed by atoms with Crippen LogP contribution in [0.1, 0.15) is 55.4 Å². The SMILES string of the molecule is CC(C)Oc1ccc(-c2noc(-c3ccc(S(=O)(=O)N(CC(=O)OC(C)(C)C)CC(=O)OC(C)(C)C)cc3)n2)cc1Cl. The smallest absolute Gasteiger partial charge is 0.321 e. The van der Waals surface area contributed by atoms with E-state index in [4.69, 9.17) is 30.3 Å². The fraction of sp³-hybridized carbons (Fsp3) is 0.448. The molecule has 3 rings (SSSR count). The number of benzene rings is 2. The Morgan fingerprint density at radius 3 is 1.90 bits per heavy atom. The zero-order valence-electron chi connectivity index (χ0n) is 24.9. The Labute approximate surface area is 251 Å². The van der Waals surface area contributed by atoms with E-state index in [1.165, 1.54) is 24.3 Å². The third kappa shape index (κ3) is 9.27. The third-order valence-corrected chi connectivity index (χ3v) is 7.27. The highest BCUT2D eigenvalue weighted by atomic mass is 35.5. The summed E-state index contributed by atoms with van der Waals surface area (Å²) >= 11 is 6.33. The van der Waals surface area contributed by atoms with Crippen molar-refractivity contribution in [3.63, 3.8) is 0 Å². The molecule has 0 amide bonds. The maximum absolute atomic E-state index is 13.5. The van der Waals surface area contributed by atoms with Gasteiger partial charge < -0.3 is 18.7 Å². The van der Waals surface area contributed by atoms with Crippen molar-refractivity contribution >= 4 is 33.6 Å². The fourth-order valence-electron chi connectivity index (χ4n) is 3.63. The molecule has 0 radical (unpaired) electrons. The predicted octanol–water partition coefficient (Wildman–Crippen LogP) is 5.52. The number of nitrogens with zero attached hydrogens (tertiary/aromatic N) is 3. The summed E-state index contributed by atoms with van der Waals surface area (Å²) in [5, 5.41) is 4.40. The minimum atomic E-state index is -4.32. The number of ether oxygens (including phenoxy) is 3.